The molecule has 0 spiro atoms. The van der Waals surface area contributed by atoms with Crippen molar-refractivity contribution in [2.45, 2.75) is 38.0 Å². The smallest absolute Gasteiger partial charge is 0.262 e. The van der Waals surface area contributed by atoms with E-state index in [1.165, 1.54) is 11.8 Å². The van der Waals surface area contributed by atoms with Crippen LogP contribution >= 0.6 is 35.0 Å². The standard InChI is InChI=1S/C21H21Cl2N3O2S/c1-3-10-26-20(28)16-6-4-5-7-18(16)25-21(26)29-12-19(27)24-13(2)15-9-8-14(22)11-17(15)23/h4-9,11,13H,3,10,12H2,1-2H3,(H,24,27). The monoisotopic (exact) mass is 449 g/mol. The molecule has 1 aromatic heterocycles. The molecule has 1 amide bonds. The van der Waals surface area contributed by atoms with Gasteiger partial charge in [-0.25, -0.2) is 4.98 Å². The van der Waals surface area contributed by atoms with Crippen molar-refractivity contribution in [3.63, 3.8) is 0 Å². The molecule has 1 unspecified atom stereocenters. The van der Waals surface area contributed by atoms with Gasteiger partial charge in [-0.3, -0.25) is 14.2 Å². The highest BCUT2D eigenvalue weighted by molar-refractivity contribution is 7.99. The zero-order valence-electron chi connectivity index (χ0n) is 16.1. The Morgan fingerprint density at radius 3 is 2.72 bits per heavy atom. The molecule has 3 rings (SSSR count). The lowest BCUT2D eigenvalue weighted by molar-refractivity contribution is -0.119. The van der Waals surface area contributed by atoms with Gasteiger partial charge in [-0.1, -0.05) is 60.1 Å². The Morgan fingerprint density at radius 1 is 1.24 bits per heavy atom. The Labute approximate surface area is 183 Å². The summed E-state index contributed by atoms with van der Waals surface area (Å²) < 4.78 is 1.64. The van der Waals surface area contributed by atoms with Gasteiger partial charge in [0.05, 0.1) is 22.7 Å². The van der Waals surface area contributed by atoms with Crippen molar-refractivity contribution in [3.8, 4) is 0 Å². The normalized spacial score (nSPS) is 12.1. The first-order chi connectivity index (χ1) is 13.9. The van der Waals surface area contributed by atoms with Gasteiger partial charge in [0.2, 0.25) is 5.91 Å². The van der Waals surface area contributed by atoms with Gasteiger partial charge < -0.3 is 5.32 Å². The largest absolute Gasteiger partial charge is 0.349 e. The number of para-hydroxylation sites is 1. The van der Waals surface area contributed by atoms with E-state index in [1.54, 1.807) is 28.8 Å². The number of amides is 1. The number of aromatic nitrogens is 2. The number of carbonyl (C=O) groups is 1. The lowest BCUT2D eigenvalue weighted by atomic mass is 10.1. The van der Waals surface area contributed by atoms with Crippen LogP contribution in [0.15, 0.2) is 52.4 Å². The van der Waals surface area contributed by atoms with E-state index in [4.69, 9.17) is 23.2 Å². The molecule has 0 saturated heterocycles. The van der Waals surface area contributed by atoms with Crippen LogP contribution < -0.4 is 10.9 Å². The highest BCUT2D eigenvalue weighted by Crippen LogP contribution is 2.26. The number of carbonyl (C=O) groups excluding carboxylic acids is 1. The number of thioether (sulfide) groups is 1. The minimum Gasteiger partial charge on any atom is -0.349 e. The van der Waals surface area contributed by atoms with Gasteiger partial charge in [-0.15, -0.1) is 0 Å². The van der Waals surface area contributed by atoms with Crippen LogP contribution in [0.3, 0.4) is 0 Å². The van der Waals surface area contributed by atoms with Crippen molar-refractivity contribution < 1.29 is 4.79 Å². The molecule has 0 fully saturated rings. The summed E-state index contributed by atoms with van der Waals surface area (Å²) >= 11 is 13.4. The fraction of sp³-hybridized carbons (Fsp3) is 0.286. The van der Waals surface area contributed by atoms with Crippen molar-refractivity contribution in [2.24, 2.45) is 0 Å². The topological polar surface area (TPSA) is 64.0 Å². The molecule has 152 valence electrons. The highest BCUT2D eigenvalue weighted by Gasteiger charge is 2.16. The molecule has 0 aliphatic carbocycles. The van der Waals surface area contributed by atoms with Crippen LogP contribution in [0.5, 0.6) is 0 Å². The fourth-order valence-electron chi connectivity index (χ4n) is 3.02. The van der Waals surface area contributed by atoms with Crippen LogP contribution in [-0.2, 0) is 11.3 Å². The van der Waals surface area contributed by atoms with Crippen molar-refractivity contribution >= 4 is 51.8 Å². The van der Waals surface area contributed by atoms with Crippen LogP contribution in [-0.4, -0.2) is 21.2 Å². The Hall–Kier alpha value is -2.02. The Balaban J connectivity index is 1.75. The highest BCUT2D eigenvalue weighted by atomic mass is 35.5. The zero-order valence-corrected chi connectivity index (χ0v) is 18.4. The predicted octanol–water partition coefficient (Wildman–Crippen LogP) is 5.08. The second-order valence-corrected chi connectivity index (χ2v) is 8.40. The van der Waals surface area contributed by atoms with Gasteiger partial charge in [0.1, 0.15) is 0 Å². The summed E-state index contributed by atoms with van der Waals surface area (Å²) in [4.78, 5) is 29.9. The number of nitrogens with zero attached hydrogens (tertiary/aromatic N) is 2. The first kappa shape index (κ1) is 21.7. The van der Waals surface area contributed by atoms with Crippen LogP contribution in [0.4, 0.5) is 0 Å². The second kappa shape index (κ2) is 9.65. The van der Waals surface area contributed by atoms with Crippen molar-refractivity contribution in [2.75, 3.05) is 5.75 Å². The maximum Gasteiger partial charge on any atom is 0.262 e. The summed E-state index contributed by atoms with van der Waals surface area (Å²) in [7, 11) is 0. The number of hydrogen-bond acceptors (Lipinski definition) is 4. The zero-order chi connectivity index (χ0) is 21.0. The van der Waals surface area contributed by atoms with E-state index < -0.39 is 0 Å². The lowest BCUT2D eigenvalue weighted by Crippen LogP contribution is -2.29. The molecule has 0 aliphatic rings. The number of halogens is 2. The molecule has 2 aromatic carbocycles. The number of hydrogen-bond donors (Lipinski definition) is 1. The molecular formula is C21H21Cl2N3O2S. The predicted molar refractivity (Wildman–Crippen MR) is 120 cm³/mol. The van der Waals surface area contributed by atoms with Gasteiger partial charge in [0, 0.05) is 16.6 Å². The summed E-state index contributed by atoms with van der Waals surface area (Å²) in [5.41, 5.74) is 1.34. The summed E-state index contributed by atoms with van der Waals surface area (Å²) in [6.45, 7) is 4.41. The van der Waals surface area contributed by atoms with Gasteiger partial charge in [-0.05, 0) is 43.2 Å². The third-order valence-corrected chi connectivity index (χ3v) is 5.95. The lowest BCUT2D eigenvalue weighted by Gasteiger charge is -2.16. The molecule has 0 radical (unpaired) electrons. The molecule has 0 aliphatic heterocycles. The van der Waals surface area contributed by atoms with E-state index in [0.717, 1.165) is 12.0 Å². The minimum absolute atomic E-state index is 0.0818. The number of fused-ring (bicyclic) bond motifs is 1. The molecule has 8 heteroatoms. The summed E-state index contributed by atoms with van der Waals surface area (Å²) in [6.07, 6.45) is 0.797. The van der Waals surface area contributed by atoms with Gasteiger partial charge in [-0.2, -0.15) is 0 Å². The van der Waals surface area contributed by atoms with Crippen molar-refractivity contribution in [1.29, 1.82) is 0 Å². The number of benzene rings is 2. The van der Waals surface area contributed by atoms with Gasteiger partial charge >= 0.3 is 0 Å². The van der Waals surface area contributed by atoms with Crippen LogP contribution in [0.1, 0.15) is 31.9 Å². The number of nitrogens with one attached hydrogen (secondary N) is 1. The number of rotatable bonds is 7. The van der Waals surface area contributed by atoms with Crippen molar-refractivity contribution in [1.82, 2.24) is 14.9 Å². The van der Waals surface area contributed by atoms with E-state index in [9.17, 15) is 9.59 Å². The van der Waals surface area contributed by atoms with E-state index in [1.807, 2.05) is 32.0 Å². The van der Waals surface area contributed by atoms with Crippen LogP contribution in [0.2, 0.25) is 10.0 Å². The molecule has 0 bridgehead atoms. The maximum absolute atomic E-state index is 12.8. The Kier molecular flexibility index (Phi) is 7.22. The molecule has 1 N–H and O–H groups in total. The molecule has 5 nitrogen and oxygen atoms in total. The average molecular weight is 450 g/mol. The molecule has 1 heterocycles. The Morgan fingerprint density at radius 2 is 2.00 bits per heavy atom. The van der Waals surface area contributed by atoms with E-state index in [-0.39, 0.29) is 23.3 Å². The second-order valence-electron chi connectivity index (χ2n) is 6.61. The molecule has 0 saturated carbocycles. The third-order valence-electron chi connectivity index (χ3n) is 4.41. The van der Waals surface area contributed by atoms with Crippen LogP contribution in [0, 0.1) is 0 Å². The molecule has 1 atom stereocenters. The summed E-state index contributed by atoms with van der Waals surface area (Å²) in [6, 6.07) is 12.2. The molecule has 29 heavy (non-hydrogen) atoms. The minimum atomic E-state index is -0.268. The Bertz CT molecular complexity index is 1100. The third kappa shape index (κ3) is 5.13. The van der Waals surface area contributed by atoms with Gasteiger partial charge in [0.25, 0.3) is 5.56 Å². The molecular weight excluding hydrogens is 429 g/mol. The molecule has 3 aromatic rings. The van der Waals surface area contributed by atoms with Crippen LogP contribution in [0.25, 0.3) is 10.9 Å². The van der Waals surface area contributed by atoms with E-state index in [0.29, 0.717) is 32.6 Å². The van der Waals surface area contributed by atoms with E-state index in [2.05, 4.69) is 10.3 Å². The fourth-order valence-corrected chi connectivity index (χ4v) is 4.43. The maximum atomic E-state index is 12.8. The van der Waals surface area contributed by atoms with Gasteiger partial charge in [0.15, 0.2) is 5.16 Å². The van der Waals surface area contributed by atoms with Crippen molar-refractivity contribution in [3.05, 3.63) is 68.4 Å². The first-order valence-corrected chi connectivity index (χ1v) is 11.0. The summed E-state index contributed by atoms with van der Waals surface area (Å²) in [5.74, 6) is -0.0247. The quantitative estimate of drug-likeness (QED) is 0.403. The SMILES string of the molecule is CCCn1c(SCC(=O)NC(C)c2ccc(Cl)cc2Cl)nc2ccccc2c1=O. The first-order valence-electron chi connectivity index (χ1n) is 9.27. The summed E-state index contributed by atoms with van der Waals surface area (Å²) in [5, 5.41) is 5.11. The average Bonchev–Trinajstić information content (AvgIpc) is 2.68. The van der Waals surface area contributed by atoms with E-state index >= 15 is 0 Å².